The van der Waals surface area contributed by atoms with E-state index in [1.54, 1.807) is 12.7 Å². The van der Waals surface area contributed by atoms with Crippen molar-refractivity contribution in [2.45, 2.75) is 20.0 Å². The van der Waals surface area contributed by atoms with Gasteiger partial charge in [0.2, 0.25) is 0 Å². The summed E-state index contributed by atoms with van der Waals surface area (Å²) in [5.41, 5.74) is 0. The molecule has 0 aliphatic heterocycles. The van der Waals surface area contributed by atoms with Gasteiger partial charge in [0.05, 0.1) is 12.7 Å². The average Bonchev–Trinajstić information content (AvgIpc) is 1.68. The monoisotopic (exact) mass is 99.1 g/mol. The standard InChI is InChI=1S/C6H11O/c1-4-6(3)7-5-2/h4-6H,1H2,2-3H3. The molecule has 1 nitrogen and oxygen atoms in total. The maximum atomic E-state index is 4.95. The second-order valence-corrected chi connectivity index (χ2v) is 1.31. The molecule has 1 radical (unpaired) electrons. The summed E-state index contributed by atoms with van der Waals surface area (Å²) in [5, 5.41) is 0. The van der Waals surface area contributed by atoms with E-state index in [1.807, 2.05) is 13.8 Å². The topological polar surface area (TPSA) is 9.23 Å². The Kier molecular flexibility index (Phi) is 3.71. The van der Waals surface area contributed by atoms with Crippen molar-refractivity contribution in [1.82, 2.24) is 0 Å². The predicted octanol–water partition coefficient (Wildman–Crippen LogP) is 1.76. The van der Waals surface area contributed by atoms with Crippen LogP contribution in [0.15, 0.2) is 12.7 Å². The Bertz CT molecular complexity index is 50.1. The van der Waals surface area contributed by atoms with E-state index >= 15 is 0 Å². The van der Waals surface area contributed by atoms with E-state index in [2.05, 4.69) is 6.58 Å². The van der Waals surface area contributed by atoms with Gasteiger partial charge in [-0.05, 0) is 13.8 Å². The molecule has 7 heavy (non-hydrogen) atoms. The molecule has 0 spiro atoms. The third-order valence-corrected chi connectivity index (χ3v) is 0.683. The minimum absolute atomic E-state index is 0.157. The molecule has 0 saturated heterocycles. The van der Waals surface area contributed by atoms with E-state index in [1.165, 1.54) is 0 Å². The summed E-state index contributed by atoms with van der Waals surface area (Å²) in [4.78, 5) is 0. The third-order valence-electron chi connectivity index (χ3n) is 0.683. The second-order valence-electron chi connectivity index (χ2n) is 1.31. The Morgan fingerprint density at radius 1 is 1.71 bits per heavy atom. The first-order valence-corrected chi connectivity index (χ1v) is 2.37. The van der Waals surface area contributed by atoms with Gasteiger partial charge < -0.3 is 4.74 Å². The molecule has 1 unspecified atom stereocenters. The van der Waals surface area contributed by atoms with Crippen molar-refractivity contribution in [2.24, 2.45) is 0 Å². The van der Waals surface area contributed by atoms with Gasteiger partial charge in [-0.25, -0.2) is 0 Å². The van der Waals surface area contributed by atoms with Crippen LogP contribution >= 0.6 is 0 Å². The van der Waals surface area contributed by atoms with Crippen molar-refractivity contribution in [3.05, 3.63) is 19.3 Å². The molecule has 0 aromatic rings. The lowest BCUT2D eigenvalue weighted by atomic mass is 10.4. The molecule has 0 aromatic heterocycles. The molecule has 0 saturated carbocycles. The van der Waals surface area contributed by atoms with Crippen LogP contribution < -0.4 is 0 Å². The maximum Gasteiger partial charge on any atom is 0.0814 e. The number of ether oxygens (including phenoxy) is 1. The number of hydrogen-bond acceptors (Lipinski definition) is 1. The highest BCUT2D eigenvalue weighted by Gasteiger charge is 1.88. The van der Waals surface area contributed by atoms with Crippen LogP contribution in [0.1, 0.15) is 13.8 Å². The van der Waals surface area contributed by atoms with Gasteiger partial charge >= 0.3 is 0 Å². The molecular weight excluding hydrogens is 88.1 g/mol. The molecule has 1 heteroatoms. The van der Waals surface area contributed by atoms with Crippen LogP contribution in [0.4, 0.5) is 0 Å². The number of rotatable bonds is 3. The minimum Gasteiger partial charge on any atom is -0.369 e. The van der Waals surface area contributed by atoms with Crippen LogP contribution in [0.2, 0.25) is 0 Å². The fourth-order valence-electron chi connectivity index (χ4n) is 0.270. The second kappa shape index (κ2) is 3.88. The Morgan fingerprint density at radius 2 is 2.29 bits per heavy atom. The summed E-state index contributed by atoms with van der Waals surface area (Å²) < 4.78 is 4.95. The Labute approximate surface area is 45.0 Å². The highest BCUT2D eigenvalue weighted by molar-refractivity contribution is 4.75. The van der Waals surface area contributed by atoms with Crippen molar-refractivity contribution in [3.8, 4) is 0 Å². The predicted molar refractivity (Wildman–Crippen MR) is 30.7 cm³/mol. The van der Waals surface area contributed by atoms with E-state index in [0.29, 0.717) is 0 Å². The van der Waals surface area contributed by atoms with Crippen molar-refractivity contribution >= 4 is 0 Å². The Morgan fingerprint density at radius 3 is 2.43 bits per heavy atom. The van der Waals surface area contributed by atoms with Crippen LogP contribution in [0.25, 0.3) is 0 Å². The van der Waals surface area contributed by atoms with Crippen LogP contribution in [-0.4, -0.2) is 6.10 Å². The lowest BCUT2D eigenvalue weighted by Crippen LogP contribution is -1.98. The van der Waals surface area contributed by atoms with Crippen LogP contribution in [-0.2, 0) is 4.74 Å². The van der Waals surface area contributed by atoms with Gasteiger partial charge in [-0.2, -0.15) is 0 Å². The van der Waals surface area contributed by atoms with Gasteiger partial charge in [0, 0.05) is 0 Å². The van der Waals surface area contributed by atoms with Crippen molar-refractivity contribution in [3.63, 3.8) is 0 Å². The van der Waals surface area contributed by atoms with Gasteiger partial charge in [-0.3, -0.25) is 0 Å². The summed E-state index contributed by atoms with van der Waals surface area (Å²) in [6.45, 7) is 8.98. The third kappa shape index (κ3) is 3.53. The maximum absolute atomic E-state index is 4.95. The smallest absolute Gasteiger partial charge is 0.0814 e. The van der Waals surface area contributed by atoms with E-state index in [0.717, 1.165) is 0 Å². The summed E-state index contributed by atoms with van der Waals surface area (Å²) in [5.74, 6) is 0. The van der Waals surface area contributed by atoms with Crippen LogP contribution in [0.3, 0.4) is 0 Å². The van der Waals surface area contributed by atoms with E-state index < -0.39 is 0 Å². The normalized spacial score (nSPS) is 13.4. The first-order valence-electron chi connectivity index (χ1n) is 2.37. The first-order chi connectivity index (χ1) is 3.31. The van der Waals surface area contributed by atoms with Gasteiger partial charge in [0.25, 0.3) is 0 Å². The molecule has 0 fully saturated rings. The van der Waals surface area contributed by atoms with Crippen molar-refractivity contribution in [2.75, 3.05) is 0 Å². The fraction of sp³-hybridized carbons (Fsp3) is 0.500. The van der Waals surface area contributed by atoms with Gasteiger partial charge in [-0.15, -0.1) is 6.58 Å². The summed E-state index contributed by atoms with van der Waals surface area (Å²) in [7, 11) is 0. The minimum atomic E-state index is 0.157. The molecule has 0 N–H and O–H groups in total. The summed E-state index contributed by atoms with van der Waals surface area (Å²) in [6.07, 6.45) is 1.91. The molecule has 0 rings (SSSR count). The molecule has 0 bridgehead atoms. The van der Waals surface area contributed by atoms with Gasteiger partial charge in [-0.1, -0.05) is 6.08 Å². The summed E-state index contributed by atoms with van der Waals surface area (Å²) in [6, 6.07) is 0. The molecular formula is C6H11O. The molecule has 0 aromatic carbocycles. The fourth-order valence-corrected chi connectivity index (χ4v) is 0.270. The quantitative estimate of drug-likeness (QED) is 0.490. The Balaban J connectivity index is 2.98. The molecule has 0 aliphatic rings. The highest BCUT2D eigenvalue weighted by atomic mass is 16.5. The first kappa shape index (κ1) is 6.70. The zero-order chi connectivity index (χ0) is 5.70. The molecule has 0 aliphatic carbocycles. The zero-order valence-corrected chi connectivity index (χ0v) is 4.85. The number of hydrogen-bond donors (Lipinski definition) is 0. The summed E-state index contributed by atoms with van der Waals surface area (Å²) >= 11 is 0. The van der Waals surface area contributed by atoms with E-state index in [9.17, 15) is 0 Å². The molecule has 1 atom stereocenters. The van der Waals surface area contributed by atoms with Crippen LogP contribution in [0.5, 0.6) is 0 Å². The average molecular weight is 99.2 g/mol. The largest absolute Gasteiger partial charge is 0.369 e. The van der Waals surface area contributed by atoms with Gasteiger partial charge in [0.15, 0.2) is 0 Å². The highest BCUT2D eigenvalue weighted by Crippen LogP contribution is 1.91. The van der Waals surface area contributed by atoms with E-state index in [4.69, 9.17) is 4.74 Å². The lowest BCUT2D eigenvalue weighted by Gasteiger charge is -2.01. The SMILES string of the molecule is C=CC(C)O[CH]C. The van der Waals surface area contributed by atoms with Gasteiger partial charge in [0.1, 0.15) is 0 Å². The zero-order valence-electron chi connectivity index (χ0n) is 4.85. The molecule has 0 heterocycles. The van der Waals surface area contributed by atoms with E-state index in [-0.39, 0.29) is 6.10 Å². The van der Waals surface area contributed by atoms with Crippen molar-refractivity contribution < 1.29 is 4.74 Å². The molecule has 0 amide bonds. The molecule has 41 valence electrons. The van der Waals surface area contributed by atoms with Crippen molar-refractivity contribution in [1.29, 1.82) is 0 Å². The van der Waals surface area contributed by atoms with Crippen LogP contribution in [0, 0.1) is 6.61 Å². The lowest BCUT2D eigenvalue weighted by molar-refractivity contribution is 0.163. The Hall–Kier alpha value is -0.300.